The number of hydrogen-bond acceptors (Lipinski definition) is 4. The van der Waals surface area contributed by atoms with Crippen molar-refractivity contribution in [2.24, 2.45) is 0 Å². The van der Waals surface area contributed by atoms with E-state index in [1.54, 1.807) is 6.92 Å². The summed E-state index contributed by atoms with van der Waals surface area (Å²) >= 11 is 0. The summed E-state index contributed by atoms with van der Waals surface area (Å²) in [6.07, 6.45) is -4.41. The molecule has 0 aliphatic heterocycles. The molecule has 96 valence electrons. The lowest BCUT2D eigenvalue weighted by atomic mass is 10.3. The summed E-state index contributed by atoms with van der Waals surface area (Å²) in [6, 6.07) is 0.434. The molecule has 2 heterocycles. The van der Waals surface area contributed by atoms with Crippen molar-refractivity contribution >= 4 is 11.7 Å². The van der Waals surface area contributed by atoms with E-state index >= 15 is 0 Å². The van der Waals surface area contributed by atoms with E-state index in [1.165, 1.54) is 0 Å². The molecule has 0 aromatic carbocycles. The fourth-order valence-electron chi connectivity index (χ4n) is 1.37. The van der Waals surface area contributed by atoms with Gasteiger partial charge in [0.25, 0.3) is 5.78 Å². The van der Waals surface area contributed by atoms with Gasteiger partial charge < -0.3 is 5.11 Å². The number of nitrogens with zero attached hydrogens (tertiary/aromatic N) is 4. The minimum Gasteiger partial charge on any atom is -0.477 e. The van der Waals surface area contributed by atoms with Gasteiger partial charge in [-0.15, -0.1) is 5.10 Å². The van der Waals surface area contributed by atoms with Gasteiger partial charge in [-0.2, -0.15) is 22.7 Å². The Morgan fingerprint density at radius 3 is 2.61 bits per heavy atom. The zero-order chi connectivity index (χ0) is 13.5. The molecule has 2 aromatic rings. The van der Waals surface area contributed by atoms with Gasteiger partial charge in [0.15, 0.2) is 17.2 Å². The van der Waals surface area contributed by atoms with Crippen molar-refractivity contribution in [3.8, 4) is 0 Å². The molecule has 0 saturated carbocycles. The first-order chi connectivity index (χ1) is 8.32. The van der Waals surface area contributed by atoms with Crippen LogP contribution >= 0.6 is 0 Å². The van der Waals surface area contributed by atoms with Crippen LogP contribution in [0.2, 0.25) is 0 Å². The predicted octanol–water partition coefficient (Wildman–Crippen LogP) is 1.40. The average Bonchev–Trinajstić information content (AvgIpc) is 2.68. The predicted molar refractivity (Wildman–Crippen MR) is 52.1 cm³/mol. The van der Waals surface area contributed by atoms with Gasteiger partial charge in [0.1, 0.15) is 0 Å². The van der Waals surface area contributed by atoms with Crippen molar-refractivity contribution in [1.29, 1.82) is 0 Å². The van der Waals surface area contributed by atoms with E-state index in [-0.39, 0.29) is 11.6 Å². The van der Waals surface area contributed by atoms with Crippen molar-refractivity contribution in [2.75, 3.05) is 0 Å². The number of fused-ring (bicyclic) bond motifs is 1. The number of aromatic carboxylic acids is 1. The van der Waals surface area contributed by atoms with Gasteiger partial charge in [0.05, 0.1) is 0 Å². The smallest absolute Gasteiger partial charge is 0.433 e. The molecule has 18 heavy (non-hydrogen) atoms. The number of rotatable bonds is 2. The Morgan fingerprint density at radius 1 is 1.44 bits per heavy atom. The van der Waals surface area contributed by atoms with Gasteiger partial charge in [-0.05, 0) is 0 Å². The molecule has 0 amide bonds. The van der Waals surface area contributed by atoms with Crippen LogP contribution < -0.4 is 0 Å². The lowest BCUT2D eigenvalue weighted by Gasteiger charge is -2.08. The van der Waals surface area contributed by atoms with E-state index in [0.717, 1.165) is 0 Å². The number of halogens is 3. The highest BCUT2D eigenvalue weighted by Crippen LogP contribution is 2.29. The molecule has 0 radical (unpaired) electrons. The fraction of sp³-hybridized carbons (Fsp3) is 0.333. The van der Waals surface area contributed by atoms with Crippen LogP contribution in [0.1, 0.15) is 28.9 Å². The Labute approximate surface area is 98.1 Å². The van der Waals surface area contributed by atoms with Crippen LogP contribution in [-0.4, -0.2) is 30.7 Å². The molecule has 2 aromatic heterocycles. The van der Waals surface area contributed by atoms with Gasteiger partial charge in [0, 0.05) is 12.5 Å². The molecule has 0 unspecified atom stereocenters. The lowest BCUT2D eigenvalue weighted by Crippen LogP contribution is -2.16. The molecular weight excluding hydrogens is 253 g/mol. The van der Waals surface area contributed by atoms with Gasteiger partial charge >= 0.3 is 12.1 Å². The topological polar surface area (TPSA) is 80.4 Å². The number of alkyl halides is 3. The van der Waals surface area contributed by atoms with Gasteiger partial charge in [-0.3, -0.25) is 0 Å². The maximum Gasteiger partial charge on any atom is 0.433 e. The van der Waals surface area contributed by atoms with Crippen molar-refractivity contribution in [2.45, 2.75) is 19.5 Å². The largest absolute Gasteiger partial charge is 0.477 e. The molecule has 0 aliphatic rings. The summed E-state index contributed by atoms with van der Waals surface area (Å²) < 4.78 is 38.8. The van der Waals surface area contributed by atoms with Crippen molar-refractivity contribution in [3.63, 3.8) is 0 Å². The van der Waals surface area contributed by atoms with Crippen LogP contribution in [0.15, 0.2) is 6.07 Å². The molecule has 0 saturated heterocycles. The molecule has 0 aliphatic carbocycles. The first-order valence-electron chi connectivity index (χ1n) is 4.90. The molecule has 0 bridgehead atoms. The minimum atomic E-state index is -4.73. The number of carboxylic acid groups (broad SMARTS) is 1. The molecule has 6 nitrogen and oxygen atoms in total. The molecule has 0 spiro atoms. The summed E-state index contributed by atoms with van der Waals surface area (Å²) in [5, 5.41) is 12.3. The number of carboxylic acids is 1. The van der Waals surface area contributed by atoms with Crippen LogP contribution in [0.3, 0.4) is 0 Å². The summed E-state index contributed by atoms with van der Waals surface area (Å²) in [7, 11) is 0. The Bertz CT molecular complexity index is 620. The van der Waals surface area contributed by atoms with E-state index in [1.807, 2.05) is 0 Å². The first-order valence-corrected chi connectivity index (χ1v) is 4.90. The maximum atomic E-state index is 12.8. The minimum absolute atomic E-state index is 0.163. The molecule has 0 atom stereocenters. The van der Waals surface area contributed by atoms with Crippen molar-refractivity contribution < 1.29 is 23.1 Å². The highest BCUT2D eigenvalue weighted by atomic mass is 19.4. The van der Waals surface area contributed by atoms with Crippen molar-refractivity contribution in [3.05, 3.63) is 23.3 Å². The van der Waals surface area contributed by atoms with E-state index in [2.05, 4.69) is 15.1 Å². The number of aryl methyl sites for hydroxylation is 1. The molecule has 2 rings (SSSR count). The van der Waals surface area contributed by atoms with E-state index < -0.39 is 23.5 Å². The second kappa shape index (κ2) is 3.93. The van der Waals surface area contributed by atoms with Crippen molar-refractivity contribution in [1.82, 2.24) is 19.6 Å². The second-order valence-corrected chi connectivity index (χ2v) is 3.42. The third-order valence-electron chi connectivity index (χ3n) is 2.18. The van der Waals surface area contributed by atoms with Gasteiger partial charge in [0.2, 0.25) is 0 Å². The zero-order valence-corrected chi connectivity index (χ0v) is 9.06. The third-order valence-corrected chi connectivity index (χ3v) is 2.18. The van der Waals surface area contributed by atoms with Crippen LogP contribution in [0, 0.1) is 0 Å². The summed E-state index contributed by atoms with van der Waals surface area (Å²) in [5.74, 6) is -1.77. The van der Waals surface area contributed by atoms with Crippen LogP contribution in [0.25, 0.3) is 5.78 Å². The first kappa shape index (κ1) is 12.3. The lowest BCUT2D eigenvalue weighted by molar-refractivity contribution is -0.142. The Hall–Kier alpha value is -2.19. The number of carbonyl (C=O) groups is 1. The Balaban J connectivity index is 2.79. The van der Waals surface area contributed by atoms with E-state index in [9.17, 15) is 18.0 Å². The normalized spacial score (nSPS) is 12.0. The number of aromatic nitrogens is 4. The second-order valence-electron chi connectivity index (χ2n) is 3.42. The van der Waals surface area contributed by atoms with Gasteiger partial charge in [-0.25, -0.2) is 9.78 Å². The zero-order valence-electron chi connectivity index (χ0n) is 9.06. The van der Waals surface area contributed by atoms with Crippen LogP contribution in [0.4, 0.5) is 13.2 Å². The summed E-state index contributed by atoms with van der Waals surface area (Å²) in [6.45, 7) is 1.67. The van der Waals surface area contributed by atoms with Gasteiger partial charge in [-0.1, -0.05) is 6.92 Å². The van der Waals surface area contributed by atoms with Crippen LogP contribution in [-0.2, 0) is 12.6 Å². The number of hydrogen-bond donors (Lipinski definition) is 1. The Kier molecular flexibility index (Phi) is 2.68. The molecule has 9 heteroatoms. The van der Waals surface area contributed by atoms with E-state index in [0.29, 0.717) is 17.0 Å². The quantitative estimate of drug-likeness (QED) is 0.882. The Morgan fingerprint density at radius 2 is 2.11 bits per heavy atom. The molecule has 1 N–H and O–H groups in total. The third kappa shape index (κ3) is 1.98. The SMILES string of the molecule is CCc1nc2nc(C(=O)O)cc(C(F)(F)F)n2n1. The monoisotopic (exact) mass is 260 g/mol. The summed E-state index contributed by atoms with van der Waals surface area (Å²) in [4.78, 5) is 17.9. The molecule has 0 fully saturated rings. The average molecular weight is 260 g/mol. The highest BCUT2D eigenvalue weighted by molar-refractivity contribution is 5.85. The fourth-order valence-corrected chi connectivity index (χ4v) is 1.37. The maximum absolute atomic E-state index is 12.8. The molecular formula is C9H7F3N4O2. The highest BCUT2D eigenvalue weighted by Gasteiger charge is 2.36. The standard InChI is InChI=1S/C9H7F3N4O2/c1-2-6-14-8-13-4(7(17)18)3-5(9(10,11)12)16(8)15-6/h3H,2H2,1H3,(H,17,18). The summed E-state index contributed by atoms with van der Waals surface area (Å²) in [5.41, 5.74) is -1.93. The van der Waals surface area contributed by atoms with E-state index in [4.69, 9.17) is 5.11 Å². The van der Waals surface area contributed by atoms with Crippen LogP contribution in [0.5, 0.6) is 0 Å².